The first kappa shape index (κ1) is 22.7. The lowest BCUT2D eigenvalue weighted by Gasteiger charge is -2.17. The van der Waals surface area contributed by atoms with Crippen molar-refractivity contribution in [1.82, 2.24) is 14.7 Å². The van der Waals surface area contributed by atoms with Gasteiger partial charge in [0.15, 0.2) is 0 Å². The van der Waals surface area contributed by atoms with Gasteiger partial charge in [-0.2, -0.15) is 5.10 Å². The number of likely N-dealkylation sites (N-methyl/N-ethyl adjacent to an activating group) is 1. The maximum atomic E-state index is 12.4. The van der Waals surface area contributed by atoms with Crippen LogP contribution in [0.5, 0.6) is 0 Å². The minimum absolute atomic E-state index is 0.0949. The van der Waals surface area contributed by atoms with Gasteiger partial charge in [-0.3, -0.25) is 9.48 Å². The van der Waals surface area contributed by atoms with E-state index in [-0.39, 0.29) is 12.5 Å². The molecule has 0 atom stereocenters. The zero-order valence-electron chi connectivity index (χ0n) is 17.9. The van der Waals surface area contributed by atoms with Crippen LogP contribution in [0.25, 0.3) is 21.0 Å². The Morgan fingerprint density at radius 2 is 1.90 bits per heavy atom. The second kappa shape index (κ2) is 10.4. The van der Waals surface area contributed by atoms with Gasteiger partial charge >= 0.3 is 5.97 Å². The molecular weight excluding hydrogens is 462 g/mol. The summed E-state index contributed by atoms with van der Waals surface area (Å²) in [5.74, 6) is -0.270. The Labute approximate surface area is 190 Å². The van der Waals surface area contributed by atoms with E-state index in [2.05, 4.69) is 83.1 Å². The highest BCUT2D eigenvalue weighted by molar-refractivity contribution is 9.10. The van der Waals surface area contributed by atoms with Crippen LogP contribution < -0.4 is 0 Å². The van der Waals surface area contributed by atoms with Gasteiger partial charge in [0.2, 0.25) is 0 Å². The van der Waals surface area contributed by atoms with E-state index in [4.69, 9.17) is 4.74 Å². The third kappa shape index (κ3) is 5.39. The number of esters is 1. The van der Waals surface area contributed by atoms with Crippen LogP contribution in [0, 0.1) is 13.8 Å². The number of hydrogen-bond acceptors (Lipinski definition) is 5. The van der Waals surface area contributed by atoms with Gasteiger partial charge in [-0.15, -0.1) is 11.3 Å². The van der Waals surface area contributed by atoms with E-state index < -0.39 is 0 Å². The predicted molar refractivity (Wildman–Crippen MR) is 127 cm³/mol. The molecule has 1 aromatic carbocycles. The van der Waals surface area contributed by atoms with Crippen molar-refractivity contribution < 1.29 is 9.53 Å². The van der Waals surface area contributed by atoms with Crippen LogP contribution in [0.15, 0.2) is 40.9 Å². The van der Waals surface area contributed by atoms with Crippen LogP contribution in [0.4, 0.5) is 0 Å². The average molecular weight is 490 g/mol. The molecule has 0 aliphatic carbocycles. The molecule has 0 saturated carbocycles. The van der Waals surface area contributed by atoms with Gasteiger partial charge in [0.25, 0.3) is 0 Å². The van der Waals surface area contributed by atoms with Crippen LogP contribution in [0.3, 0.4) is 0 Å². The van der Waals surface area contributed by atoms with Crippen molar-refractivity contribution in [2.45, 2.75) is 34.2 Å². The lowest BCUT2D eigenvalue weighted by Crippen LogP contribution is -2.28. The fourth-order valence-corrected chi connectivity index (χ4v) is 5.01. The summed E-state index contributed by atoms with van der Waals surface area (Å²) in [6.07, 6.45) is 0. The first-order valence-electron chi connectivity index (χ1n) is 10.2. The van der Waals surface area contributed by atoms with Crippen molar-refractivity contribution in [2.75, 3.05) is 26.2 Å². The molecule has 160 valence electrons. The lowest BCUT2D eigenvalue weighted by atomic mass is 10.1. The molecule has 3 aromatic rings. The van der Waals surface area contributed by atoms with Crippen molar-refractivity contribution in [3.8, 4) is 21.0 Å². The molecule has 0 saturated heterocycles. The van der Waals surface area contributed by atoms with Crippen molar-refractivity contribution >= 4 is 33.2 Å². The Bertz CT molecular complexity index is 1010. The summed E-state index contributed by atoms with van der Waals surface area (Å²) in [6.45, 7) is 11.4. The molecule has 0 spiro atoms. The van der Waals surface area contributed by atoms with E-state index >= 15 is 0 Å². The molecule has 0 amide bonds. The Kier molecular flexibility index (Phi) is 7.86. The second-order valence-corrected chi connectivity index (χ2v) is 9.06. The molecule has 0 radical (unpaired) electrons. The van der Waals surface area contributed by atoms with Crippen LogP contribution in [0.1, 0.15) is 25.1 Å². The smallest absolute Gasteiger partial charge is 0.327 e. The standard InChI is InChI=1S/C23H28BrN3O2S/c1-5-26(6-2)12-13-29-21(28)15-27-23(22(24)17(4)25-27)20-11-10-19(30-20)18-9-7-8-16(3)14-18/h7-11,14H,5-6,12-13,15H2,1-4H3. The summed E-state index contributed by atoms with van der Waals surface area (Å²) in [6, 6.07) is 12.7. The summed E-state index contributed by atoms with van der Waals surface area (Å²) in [5.41, 5.74) is 4.20. The Morgan fingerprint density at radius 1 is 1.17 bits per heavy atom. The highest BCUT2D eigenvalue weighted by atomic mass is 79.9. The normalized spacial score (nSPS) is 11.3. The van der Waals surface area contributed by atoms with E-state index in [0.29, 0.717) is 6.61 Å². The van der Waals surface area contributed by atoms with Crippen molar-refractivity contribution in [1.29, 1.82) is 0 Å². The SMILES string of the molecule is CCN(CC)CCOC(=O)Cn1nc(C)c(Br)c1-c1ccc(-c2cccc(C)c2)s1. The van der Waals surface area contributed by atoms with Crippen molar-refractivity contribution in [3.63, 3.8) is 0 Å². The number of ether oxygens (including phenoxy) is 1. The molecule has 0 unspecified atom stereocenters. The van der Waals surface area contributed by atoms with Crippen molar-refractivity contribution in [2.24, 2.45) is 0 Å². The molecule has 2 heterocycles. The minimum Gasteiger partial charge on any atom is -0.463 e. The quantitative estimate of drug-likeness (QED) is 0.370. The van der Waals surface area contributed by atoms with Gasteiger partial charge < -0.3 is 9.64 Å². The molecule has 3 rings (SSSR count). The first-order chi connectivity index (χ1) is 14.4. The summed E-state index contributed by atoms with van der Waals surface area (Å²) in [7, 11) is 0. The number of thiophene rings is 1. The average Bonchev–Trinajstić information content (AvgIpc) is 3.30. The number of hydrogen-bond donors (Lipinski definition) is 0. The molecule has 2 aromatic heterocycles. The van der Waals surface area contributed by atoms with Gasteiger partial charge in [-0.05, 0) is 60.6 Å². The summed E-state index contributed by atoms with van der Waals surface area (Å²) >= 11 is 5.35. The molecule has 0 fully saturated rings. The fourth-order valence-electron chi connectivity index (χ4n) is 3.32. The number of rotatable bonds is 9. The molecule has 0 N–H and O–H groups in total. The van der Waals surface area contributed by atoms with E-state index in [9.17, 15) is 4.79 Å². The number of nitrogens with zero attached hydrogens (tertiary/aromatic N) is 3. The third-order valence-corrected chi connectivity index (χ3v) is 7.13. The van der Waals surface area contributed by atoms with Gasteiger partial charge in [0, 0.05) is 11.4 Å². The summed E-state index contributed by atoms with van der Waals surface area (Å²) < 4.78 is 8.11. The molecular formula is C23H28BrN3O2S. The Hall–Kier alpha value is -1.96. The van der Waals surface area contributed by atoms with Gasteiger partial charge in [-0.1, -0.05) is 43.7 Å². The monoisotopic (exact) mass is 489 g/mol. The minimum atomic E-state index is -0.270. The fraction of sp³-hybridized carbons (Fsp3) is 0.391. The molecule has 30 heavy (non-hydrogen) atoms. The van der Waals surface area contributed by atoms with Crippen LogP contribution in [-0.2, 0) is 16.1 Å². The molecule has 0 aliphatic heterocycles. The molecule has 5 nitrogen and oxygen atoms in total. The maximum Gasteiger partial charge on any atom is 0.327 e. The maximum absolute atomic E-state index is 12.4. The topological polar surface area (TPSA) is 47.4 Å². The first-order valence-corrected chi connectivity index (χ1v) is 11.8. The van der Waals surface area contributed by atoms with Gasteiger partial charge in [0.05, 0.1) is 20.7 Å². The van der Waals surface area contributed by atoms with E-state index in [1.807, 2.05) is 6.92 Å². The third-order valence-electron chi connectivity index (χ3n) is 5.04. The van der Waals surface area contributed by atoms with Crippen LogP contribution >= 0.6 is 27.3 Å². The highest BCUT2D eigenvalue weighted by Crippen LogP contribution is 2.39. The lowest BCUT2D eigenvalue weighted by molar-refractivity contribution is -0.144. The Morgan fingerprint density at radius 3 is 2.60 bits per heavy atom. The number of carbonyl (C=O) groups excluding carboxylic acids is 1. The van der Waals surface area contributed by atoms with E-state index in [1.165, 1.54) is 16.0 Å². The molecule has 7 heteroatoms. The van der Waals surface area contributed by atoms with E-state index in [1.54, 1.807) is 16.0 Å². The number of benzene rings is 1. The number of halogens is 1. The number of aryl methyl sites for hydroxylation is 2. The van der Waals surface area contributed by atoms with Crippen LogP contribution in [0.2, 0.25) is 0 Å². The van der Waals surface area contributed by atoms with E-state index in [0.717, 1.165) is 40.4 Å². The van der Waals surface area contributed by atoms with Gasteiger partial charge in [-0.25, -0.2) is 0 Å². The van der Waals surface area contributed by atoms with Crippen molar-refractivity contribution in [3.05, 3.63) is 52.1 Å². The number of aromatic nitrogens is 2. The zero-order valence-corrected chi connectivity index (χ0v) is 20.3. The summed E-state index contributed by atoms with van der Waals surface area (Å²) in [5, 5.41) is 4.56. The largest absolute Gasteiger partial charge is 0.463 e. The second-order valence-electron chi connectivity index (χ2n) is 7.19. The Balaban J connectivity index is 1.76. The van der Waals surface area contributed by atoms with Gasteiger partial charge in [0.1, 0.15) is 13.2 Å². The van der Waals surface area contributed by atoms with Crippen LogP contribution in [-0.4, -0.2) is 46.9 Å². The highest BCUT2D eigenvalue weighted by Gasteiger charge is 2.19. The zero-order chi connectivity index (χ0) is 21.7. The molecule has 0 aliphatic rings. The summed E-state index contributed by atoms with van der Waals surface area (Å²) in [4.78, 5) is 16.9. The number of carbonyl (C=O) groups is 1. The predicted octanol–water partition coefficient (Wildman–Crippen LogP) is 5.54. The molecule has 0 bridgehead atoms.